The van der Waals surface area contributed by atoms with Crippen LogP contribution < -0.4 is 15.5 Å². The van der Waals surface area contributed by atoms with E-state index in [0.29, 0.717) is 30.9 Å². The van der Waals surface area contributed by atoms with Crippen LogP contribution in [0.4, 0.5) is 37.7 Å². The summed E-state index contributed by atoms with van der Waals surface area (Å²) < 4.78 is 79.2. The third-order valence-electron chi connectivity index (χ3n) is 5.97. The van der Waals surface area contributed by atoms with Crippen LogP contribution in [-0.2, 0) is 18.9 Å². The standard InChI is InChI=1S/C26H22F6N4O2/c27-25(28,29)18-10-17(11-19(12-18)26(30,31)32)23(37)35-20-5-6-22(36-8-1-2-9-36)21(13-20)24(38)34-15-16-4-3-7-33-14-16/h3-7,10-14H,1-2,8-9,15H2,(H,34,38)(H,35,37). The van der Waals surface area contributed by atoms with Crippen LogP contribution in [-0.4, -0.2) is 29.9 Å². The monoisotopic (exact) mass is 536 g/mol. The van der Waals surface area contributed by atoms with Crippen LogP contribution in [0.1, 0.15) is 50.2 Å². The minimum absolute atomic E-state index is 0.0374. The lowest BCUT2D eigenvalue weighted by Gasteiger charge is -2.22. The second-order valence-electron chi connectivity index (χ2n) is 8.72. The maximum atomic E-state index is 13.2. The summed E-state index contributed by atoms with van der Waals surface area (Å²) in [7, 11) is 0. The quantitative estimate of drug-likeness (QED) is 0.385. The molecule has 1 fully saturated rings. The number of alkyl halides is 6. The molecule has 0 spiro atoms. The number of hydrogen-bond donors (Lipinski definition) is 2. The summed E-state index contributed by atoms with van der Waals surface area (Å²) in [6.45, 7) is 1.59. The normalized spacial score (nSPS) is 13.9. The Hall–Kier alpha value is -4.09. The van der Waals surface area contributed by atoms with Crippen molar-refractivity contribution in [1.82, 2.24) is 10.3 Å². The van der Waals surface area contributed by atoms with Gasteiger partial charge in [-0.1, -0.05) is 6.07 Å². The predicted octanol–water partition coefficient (Wildman–Crippen LogP) is 5.90. The summed E-state index contributed by atoms with van der Waals surface area (Å²) in [5.41, 5.74) is -2.43. The molecular formula is C26H22F6N4O2. The van der Waals surface area contributed by atoms with Crippen LogP contribution in [0.2, 0.25) is 0 Å². The van der Waals surface area contributed by atoms with Gasteiger partial charge in [-0.15, -0.1) is 0 Å². The second kappa shape index (κ2) is 10.7. The molecule has 6 nitrogen and oxygen atoms in total. The Balaban J connectivity index is 1.62. The average molecular weight is 536 g/mol. The maximum Gasteiger partial charge on any atom is 0.416 e. The number of benzene rings is 2. The number of pyridine rings is 1. The van der Waals surface area contributed by atoms with Crippen molar-refractivity contribution < 1.29 is 35.9 Å². The Labute approximate surface area is 213 Å². The van der Waals surface area contributed by atoms with E-state index in [9.17, 15) is 35.9 Å². The molecule has 0 unspecified atom stereocenters. The van der Waals surface area contributed by atoms with Crippen LogP contribution in [0.5, 0.6) is 0 Å². The van der Waals surface area contributed by atoms with Crippen molar-refractivity contribution in [1.29, 1.82) is 0 Å². The number of aromatic nitrogens is 1. The molecule has 2 N–H and O–H groups in total. The third-order valence-corrected chi connectivity index (χ3v) is 5.97. The van der Waals surface area contributed by atoms with Crippen molar-refractivity contribution in [2.24, 2.45) is 0 Å². The highest BCUT2D eigenvalue weighted by Gasteiger charge is 2.37. The molecule has 0 saturated carbocycles. The molecule has 12 heteroatoms. The van der Waals surface area contributed by atoms with E-state index in [2.05, 4.69) is 15.6 Å². The summed E-state index contributed by atoms with van der Waals surface area (Å²) in [5, 5.41) is 5.09. The van der Waals surface area contributed by atoms with Crippen molar-refractivity contribution in [3.05, 3.63) is 88.7 Å². The minimum Gasteiger partial charge on any atom is -0.371 e. The molecule has 200 valence electrons. The Morgan fingerprint density at radius 3 is 2.11 bits per heavy atom. The van der Waals surface area contributed by atoms with E-state index in [1.165, 1.54) is 12.1 Å². The number of rotatable bonds is 6. The summed E-state index contributed by atoms with van der Waals surface area (Å²) in [5.74, 6) is -1.65. The van der Waals surface area contributed by atoms with Crippen molar-refractivity contribution in [2.45, 2.75) is 31.7 Å². The molecule has 1 aliphatic rings. The number of nitrogens with one attached hydrogen (secondary N) is 2. The molecule has 0 radical (unpaired) electrons. The third kappa shape index (κ3) is 6.42. The fraction of sp³-hybridized carbons (Fsp3) is 0.269. The molecular weight excluding hydrogens is 514 g/mol. The fourth-order valence-corrected chi connectivity index (χ4v) is 4.10. The summed E-state index contributed by atoms with van der Waals surface area (Å²) in [6.07, 6.45) is -5.16. The number of halogens is 6. The van der Waals surface area contributed by atoms with Gasteiger partial charge in [0.15, 0.2) is 0 Å². The molecule has 0 bridgehead atoms. The van der Waals surface area contributed by atoms with Gasteiger partial charge in [0.25, 0.3) is 11.8 Å². The summed E-state index contributed by atoms with van der Waals surface area (Å²) in [6, 6.07) is 8.53. The zero-order valence-corrected chi connectivity index (χ0v) is 19.8. The van der Waals surface area contributed by atoms with Gasteiger partial charge >= 0.3 is 12.4 Å². The molecule has 2 amide bonds. The zero-order chi connectivity index (χ0) is 27.5. The van der Waals surface area contributed by atoms with E-state index in [1.54, 1.807) is 30.6 Å². The number of anilines is 2. The first-order valence-corrected chi connectivity index (χ1v) is 11.6. The van der Waals surface area contributed by atoms with Gasteiger partial charge in [0.1, 0.15) is 0 Å². The molecule has 4 rings (SSSR count). The molecule has 1 aromatic heterocycles. The average Bonchev–Trinajstić information content (AvgIpc) is 3.41. The molecule has 2 aromatic carbocycles. The summed E-state index contributed by atoms with van der Waals surface area (Å²) in [4.78, 5) is 31.8. The number of amides is 2. The number of carbonyl (C=O) groups is 2. The van der Waals surface area contributed by atoms with E-state index in [1.807, 2.05) is 4.90 Å². The van der Waals surface area contributed by atoms with Crippen LogP contribution in [0.25, 0.3) is 0 Å². The van der Waals surface area contributed by atoms with E-state index in [-0.39, 0.29) is 23.9 Å². The lowest BCUT2D eigenvalue weighted by atomic mass is 10.0. The molecule has 38 heavy (non-hydrogen) atoms. The van der Waals surface area contributed by atoms with Gasteiger partial charge in [-0.05, 0) is 60.9 Å². The molecule has 1 saturated heterocycles. The number of carbonyl (C=O) groups excluding carboxylic acids is 2. The van der Waals surface area contributed by atoms with E-state index >= 15 is 0 Å². The van der Waals surface area contributed by atoms with Gasteiger partial charge in [0.05, 0.1) is 16.7 Å². The molecule has 1 aliphatic heterocycles. The van der Waals surface area contributed by atoms with E-state index in [4.69, 9.17) is 0 Å². The SMILES string of the molecule is O=C(Nc1ccc(N2CCCC2)c(C(=O)NCc2cccnc2)c1)c1cc(C(F)(F)F)cc(C(F)(F)F)c1. The first-order chi connectivity index (χ1) is 17.9. The van der Waals surface area contributed by atoms with Crippen molar-refractivity contribution in [2.75, 3.05) is 23.3 Å². The number of hydrogen-bond acceptors (Lipinski definition) is 4. The van der Waals surface area contributed by atoms with Crippen molar-refractivity contribution in [3.8, 4) is 0 Å². The Morgan fingerprint density at radius 1 is 0.868 bits per heavy atom. The highest BCUT2D eigenvalue weighted by molar-refractivity contribution is 6.06. The Bertz CT molecular complexity index is 1290. The van der Waals surface area contributed by atoms with Crippen LogP contribution in [0, 0.1) is 0 Å². The molecule has 3 aromatic rings. The van der Waals surface area contributed by atoms with Gasteiger partial charge in [0, 0.05) is 49.0 Å². The van der Waals surface area contributed by atoms with E-state index in [0.717, 1.165) is 18.4 Å². The lowest BCUT2D eigenvalue weighted by Crippen LogP contribution is -2.27. The zero-order valence-electron chi connectivity index (χ0n) is 19.8. The lowest BCUT2D eigenvalue weighted by molar-refractivity contribution is -0.143. The highest BCUT2D eigenvalue weighted by Crippen LogP contribution is 2.36. The van der Waals surface area contributed by atoms with Crippen LogP contribution in [0.3, 0.4) is 0 Å². The highest BCUT2D eigenvalue weighted by atomic mass is 19.4. The van der Waals surface area contributed by atoms with Crippen LogP contribution in [0.15, 0.2) is 60.9 Å². The Morgan fingerprint density at radius 2 is 1.53 bits per heavy atom. The van der Waals surface area contributed by atoms with E-state index < -0.39 is 40.9 Å². The smallest absolute Gasteiger partial charge is 0.371 e. The first kappa shape index (κ1) is 27.0. The van der Waals surface area contributed by atoms with Crippen molar-refractivity contribution >= 4 is 23.2 Å². The topological polar surface area (TPSA) is 74.3 Å². The maximum absolute atomic E-state index is 13.2. The van der Waals surface area contributed by atoms with Gasteiger partial charge < -0.3 is 15.5 Å². The number of nitrogens with zero attached hydrogens (tertiary/aromatic N) is 2. The van der Waals surface area contributed by atoms with Gasteiger partial charge in [-0.3, -0.25) is 14.6 Å². The molecule has 2 heterocycles. The Kier molecular flexibility index (Phi) is 7.61. The largest absolute Gasteiger partial charge is 0.416 e. The minimum atomic E-state index is -5.09. The fourth-order valence-electron chi connectivity index (χ4n) is 4.10. The summed E-state index contributed by atoms with van der Waals surface area (Å²) >= 11 is 0. The first-order valence-electron chi connectivity index (χ1n) is 11.6. The van der Waals surface area contributed by atoms with Gasteiger partial charge in [0.2, 0.25) is 0 Å². The molecule has 0 atom stereocenters. The van der Waals surface area contributed by atoms with Crippen LogP contribution >= 0.6 is 0 Å². The van der Waals surface area contributed by atoms with Gasteiger partial charge in [-0.2, -0.15) is 26.3 Å². The molecule has 0 aliphatic carbocycles. The second-order valence-corrected chi connectivity index (χ2v) is 8.72. The predicted molar refractivity (Wildman–Crippen MR) is 128 cm³/mol. The van der Waals surface area contributed by atoms with Gasteiger partial charge in [-0.25, -0.2) is 0 Å². The van der Waals surface area contributed by atoms with Crippen molar-refractivity contribution in [3.63, 3.8) is 0 Å².